The first kappa shape index (κ1) is 15.7. The van der Waals surface area contributed by atoms with Crippen LogP contribution in [0, 0.1) is 5.92 Å². The molecule has 0 radical (unpaired) electrons. The first-order valence-corrected chi connectivity index (χ1v) is 7.92. The predicted octanol–water partition coefficient (Wildman–Crippen LogP) is 2.12. The lowest BCUT2D eigenvalue weighted by atomic mass is 9.97. The third-order valence-electron chi connectivity index (χ3n) is 3.67. The van der Waals surface area contributed by atoms with E-state index in [1.54, 1.807) is 11.0 Å². The van der Waals surface area contributed by atoms with Gasteiger partial charge in [0.15, 0.2) is 5.78 Å². The molecule has 1 amide bonds. The topological polar surface area (TPSA) is 63.7 Å². The molecule has 0 saturated carbocycles. The summed E-state index contributed by atoms with van der Waals surface area (Å²) >= 11 is 1.39. The molecule has 0 aliphatic carbocycles. The maximum atomic E-state index is 12.2. The fourth-order valence-electron chi connectivity index (χ4n) is 2.50. The number of thiophene rings is 1. The smallest absolute Gasteiger partial charge is 0.310 e. The molecule has 5 nitrogen and oxygen atoms in total. The molecule has 2 rings (SSSR count). The maximum Gasteiger partial charge on any atom is 0.310 e. The number of carbonyl (C=O) groups excluding carboxylic acids is 3. The quantitative estimate of drug-likeness (QED) is 0.617. The Morgan fingerprint density at radius 1 is 1.38 bits per heavy atom. The first-order chi connectivity index (χ1) is 10.1. The minimum absolute atomic E-state index is 0.000114. The van der Waals surface area contributed by atoms with E-state index < -0.39 is 0 Å². The fourth-order valence-corrected chi connectivity index (χ4v) is 3.20. The van der Waals surface area contributed by atoms with Crippen LogP contribution in [0.2, 0.25) is 0 Å². The van der Waals surface area contributed by atoms with E-state index in [1.807, 2.05) is 11.4 Å². The molecule has 1 atom stereocenters. The summed E-state index contributed by atoms with van der Waals surface area (Å²) in [7, 11) is 1.36. The van der Waals surface area contributed by atoms with E-state index in [0.717, 1.165) is 12.8 Å². The molecular formula is C15H19NO4S. The van der Waals surface area contributed by atoms with Crippen molar-refractivity contribution in [2.45, 2.75) is 25.7 Å². The molecule has 21 heavy (non-hydrogen) atoms. The number of rotatable bonds is 5. The number of ether oxygens (including phenoxy) is 1. The van der Waals surface area contributed by atoms with Crippen molar-refractivity contribution >= 4 is 29.0 Å². The molecule has 1 aromatic heterocycles. The van der Waals surface area contributed by atoms with E-state index in [-0.39, 0.29) is 36.4 Å². The Hall–Kier alpha value is -1.69. The second-order valence-corrected chi connectivity index (χ2v) is 6.05. The SMILES string of the molecule is COC(=O)C1CCCN(C(=O)CCC(=O)c2cccs2)C1. The summed E-state index contributed by atoms with van der Waals surface area (Å²) in [4.78, 5) is 37.9. The highest BCUT2D eigenvalue weighted by Crippen LogP contribution is 2.19. The number of piperidine rings is 1. The van der Waals surface area contributed by atoms with Gasteiger partial charge in [-0.25, -0.2) is 0 Å². The zero-order valence-electron chi connectivity index (χ0n) is 12.0. The van der Waals surface area contributed by atoms with Gasteiger partial charge in [-0.15, -0.1) is 11.3 Å². The van der Waals surface area contributed by atoms with Crippen LogP contribution >= 0.6 is 11.3 Å². The zero-order chi connectivity index (χ0) is 15.2. The molecule has 1 aliphatic rings. The number of hydrogen-bond acceptors (Lipinski definition) is 5. The molecule has 6 heteroatoms. The Labute approximate surface area is 127 Å². The monoisotopic (exact) mass is 309 g/mol. The van der Waals surface area contributed by atoms with Crippen molar-refractivity contribution in [2.75, 3.05) is 20.2 Å². The van der Waals surface area contributed by atoms with Crippen molar-refractivity contribution in [3.8, 4) is 0 Å². The second kappa shape index (κ2) is 7.36. The summed E-state index contributed by atoms with van der Waals surface area (Å²) in [5, 5.41) is 1.85. The van der Waals surface area contributed by atoms with Gasteiger partial charge in [0.05, 0.1) is 17.9 Å². The first-order valence-electron chi connectivity index (χ1n) is 7.04. The van der Waals surface area contributed by atoms with Gasteiger partial charge in [0.25, 0.3) is 0 Å². The standard InChI is InChI=1S/C15H19NO4S/c1-20-15(19)11-4-2-8-16(10-11)14(18)7-6-12(17)13-5-3-9-21-13/h3,5,9,11H,2,4,6-8,10H2,1H3. The highest BCUT2D eigenvalue weighted by atomic mass is 32.1. The molecule has 0 aromatic carbocycles. The molecule has 0 N–H and O–H groups in total. The van der Waals surface area contributed by atoms with Crippen molar-refractivity contribution in [1.82, 2.24) is 4.90 Å². The van der Waals surface area contributed by atoms with Gasteiger partial charge in [-0.2, -0.15) is 0 Å². The Morgan fingerprint density at radius 2 is 2.19 bits per heavy atom. The van der Waals surface area contributed by atoms with E-state index in [9.17, 15) is 14.4 Å². The highest BCUT2D eigenvalue weighted by Gasteiger charge is 2.29. The number of amides is 1. The number of hydrogen-bond donors (Lipinski definition) is 0. The molecule has 1 fully saturated rings. The Kier molecular flexibility index (Phi) is 5.50. The average molecular weight is 309 g/mol. The van der Waals surface area contributed by atoms with Gasteiger partial charge in [-0.1, -0.05) is 6.07 Å². The number of methoxy groups -OCH3 is 1. The summed E-state index contributed by atoms with van der Waals surface area (Å²) in [5.74, 6) is -0.559. The fraction of sp³-hybridized carbons (Fsp3) is 0.533. The van der Waals surface area contributed by atoms with Gasteiger partial charge in [0.1, 0.15) is 0 Å². The summed E-state index contributed by atoms with van der Waals surface area (Å²) in [6.07, 6.45) is 1.97. The van der Waals surface area contributed by atoms with E-state index in [1.165, 1.54) is 18.4 Å². The molecule has 1 aromatic rings. The van der Waals surface area contributed by atoms with Crippen LogP contribution in [0.4, 0.5) is 0 Å². The summed E-state index contributed by atoms with van der Waals surface area (Å²) < 4.78 is 4.74. The van der Waals surface area contributed by atoms with Crippen LogP contribution in [0.25, 0.3) is 0 Å². The van der Waals surface area contributed by atoms with Gasteiger partial charge in [-0.05, 0) is 24.3 Å². The molecule has 1 aliphatic heterocycles. The highest BCUT2D eigenvalue weighted by molar-refractivity contribution is 7.12. The van der Waals surface area contributed by atoms with Crippen LogP contribution in [0.3, 0.4) is 0 Å². The molecule has 2 heterocycles. The van der Waals surface area contributed by atoms with E-state index in [4.69, 9.17) is 4.74 Å². The van der Waals surface area contributed by atoms with Crippen LogP contribution in [-0.2, 0) is 14.3 Å². The van der Waals surface area contributed by atoms with Crippen LogP contribution in [-0.4, -0.2) is 42.8 Å². The lowest BCUT2D eigenvalue weighted by molar-refractivity contribution is -0.149. The van der Waals surface area contributed by atoms with Gasteiger partial charge in [0.2, 0.25) is 5.91 Å². The number of carbonyl (C=O) groups is 3. The lowest BCUT2D eigenvalue weighted by Crippen LogP contribution is -2.42. The lowest BCUT2D eigenvalue weighted by Gasteiger charge is -2.31. The Balaban J connectivity index is 1.82. The minimum Gasteiger partial charge on any atom is -0.469 e. The van der Waals surface area contributed by atoms with Gasteiger partial charge < -0.3 is 9.64 Å². The number of ketones is 1. The van der Waals surface area contributed by atoms with Crippen molar-refractivity contribution in [2.24, 2.45) is 5.92 Å². The van der Waals surface area contributed by atoms with Gasteiger partial charge in [-0.3, -0.25) is 14.4 Å². The normalized spacial score (nSPS) is 18.3. The average Bonchev–Trinajstić information content (AvgIpc) is 3.06. The van der Waals surface area contributed by atoms with Crippen LogP contribution < -0.4 is 0 Å². The molecule has 0 spiro atoms. The van der Waals surface area contributed by atoms with Crippen LogP contribution in [0.5, 0.6) is 0 Å². The van der Waals surface area contributed by atoms with Crippen molar-refractivity contribution in [3.05, 3.63) is 22.4 Å². The van der Waals surface area contributed by atoms with Crippen LogP contribution in [0.15, 0.2) is 17.5 Å². The minimum atomic E-state index is -0.262. The molecule has 114 valence electrons. The van der Waals surface area contributed by atoms with Gasteiger partial charge >= 0.3 is 5.97 Å². The van der Waals surface area contributed by atoms with E-state index in [0.29, 0.717) is 18.0 Å². The zero-order valence-corrected chi connectivity index (χ0v) is 12.9. The summed E-state index contributed by atoms with van der Waals surface area (Å²) in [6.45, 7) is 1.05. The largest absolute Gasteiger partial charge is 0.469 e. The van der Waals surface area contributed by atoms with Crippen molar-refractivity contribution < 1.29 is 19.1 Å². The predicted molar refractivity (Wildman–Crippen MR) is 79.2 cm³/mol. The Morgan fingerprint density at radius 3 is 2.86 bits per heavy atom. The number of Topliss-reactive ketones (excluding diaryl/α,β-unsaturated/α-hetero) is 1. The summed E-state index contributed by atoms with van der Waals surface area (Å²) in [6, 6.07) is 3.59. The van der Waals surface area contributed by atoms with Crippen LogP contribution in [0.1, 0.15) is 35.4 Å². The van der Waals surface area contributed by atoms with E-state index in [2.05, 4.69) is 0 Å². The molecule has 0 bridgehead atoms. The van der Waals surface area contributed by atoms with Crippen molar-refractivity contribution in [1.29, 1.82) is 0 Å². The molecule has 1 unspecified atom stereocenters. The number of nitrogens with zero attached hydrogens (tertiary/aromatic N) is 1. The Bertz CT molecular complexity index is 512. The van der Waals surface area contributed by atoms with E-state index >= 15 is 0 Å². The molecular weight excluding hydrogens is 290 g/mol. The third-order valence-corrected chi connectivity index (χ3v) is 4.58. The summed E-state index contributed by atoms with van der Waals surface area (Å²) in [5.41, 5.74) is 0. The maximum absolute atomic E-state index is 12.2. The number of likely N-dealkylation sites (tertiary alicyclic amines) is 1. The number of esters is 1. The third kappa shape index (κ3) is 4.14. The van der Waals surface area contributed by atoms with Gasteiger partial charge in [0, 0.05) is 25.9 Å². The molecule has 1 saturated heterocycles. The second-order valence-electron chi connectivity index (χ2n) is 5.10. The van der Waals surface area contributed by atoms with Crippen molar-refractivity contribution in [3.63, 3.8) is 0 Å².